The first-order valence-electron chi connectivity index (χ1n) is 7.76. The average Bonchev–Trinajstić information content (AvgIpc) is 2.62. The van der Waals surface area contributed by atoms with Gasteiger partial charge in [0.2, 0.25) is 0 Å². The first kappa shape index (κ1) is 17.4. The lowest BCUT2D eigenvalue weighted by atomic mass is 10.1. The van der Waals surface area contributed by atoms with Crippen LogP contribution in [0.2, 0.25) is 0 Å². The van der Waals surface area contributed by atoms with Gasteiger partial charge in [0.05, 0.1) is 24.3 Å². The number of unbranched alkanes of at least 4 members (excludes halogenated alkanes) is 2. The molecule has 0 aliphatic carbocycles. The zero-order valence-corrected chi connectivity index (χ0v) is 13.5. The van der Waals surface area contributed by atoms with Crippen molar-refractivity contribution in [2.24, 2.45) is 0 Å². The molecule has 124 valence electrons. The summed E-state index contributed by atoms with van der Waals surface area (Å²) in [7, 11) is 1.29. The largest absolute Gasteiger partial charge is 0.467 e. The second-order valence-corrected chi connectivity index (χ2v) is 5.33. The quantitative estimate of drug-likeness (QED) is 0.624. The predicted octanol–water partition coefficient (Wildman–Crippen LogP) is 2.59. The van der Waals surface area contributed by atoms with Crippen LogP contribution in [0.4, 0.5) is 0 Å². The molecule has 0 aliphatic rings. The number of carbonyl (C=O) groups is 2. The molecule has 1 aromatic heterocycles. The standard InChI is InChI=1S/C18H19N3O3/c1-24-18(23)16(9-3-2-6-11-19)21-17(22)14-10-12-20-15-8-5-4-7-13(14)15/h4-5,7-8,10,12,16H,2-3,6,9H2,1H3,(H,21,22)/t16-/m0/s1. The van der Waals surface area contributed by atoms with Crippen LogP contribution in [-0.2, 0) is 9.53 Å². The highest BCUT2D eigenvalue weighted by Gasteiger charge is 2.22. The smallest absolute Gasteiger partial charge is 0.328 e. The van der Waals surface area contributed by atoms with Crippen LogP contribution in [0.1, 0.15) is 36.0 Å². The van der Waals surface area contributed by atoms with Crippen LogP contribution in [0, 0.1) is 11.3 Å². The molecular formula is C18H19N3O3. The number of hydrogen-bond acceptors (Lipinski definition) is 5. The molecule has 0 aliphatic heterocycles. The molecule has 0 bridgehead atoms. The van der Waals surface area contributed by atoms with Crippen molar-refractivity contribution in [3.05, 3.63) is 42.1 Å². The van der Waals surface area contributed by atoms with Crippen molar-refractivity contribution < 1.29 is 14.3 Å². The molecule has 0 spiro atoms. The molecule has 0 unspecified atom stereocenters. The summed E-state index contributed by atoms with van der Waals surface area (Å²) in [6.45, 7) is 0. The Morgan fingerprint density at radius 3 is 2.83 bits per heavy atom. The monoisotopic (exact) mass is 325 g/mol. The Morgan fingerprint density at radius 1 is 1.29 bits per heavy atom. The molecule has 1 aromatic carbocycles. The predicted molar refractivity (Wildman–Crippen MR) is 89.1 cm³/mol. The van der Waals surface area contributed by atoms with E-state index in [1.54, 1.807) is 12.3 Å². The van der Waals surface area contributed by atoms with Crippen LogP contribution >= 0.6 is 0 Å². The van der Waals surface area contributed by atoms with Gasteiger partial charge >= 0.3 is 5.97 Å². The fourth-order valence-electron chi connectivity index (χ4n) is 2.47. The topological polar surface area (TPSA) is 92.1 Å². The molecule has 24 heavy (non-hydrogen) atoms. The number of esters is 1. The van der Waals surface area contributed by atoms with Crippen LogP contribution in [0.25, 0.3) is 10.9 Å². The molecule has 0 fully saturated rings. The van der Waals surface area contributed by atoms with Gasteiger partial charge in [-0.15, -0.1) is 0 Å². The van der Waals surface area contributed by atoms with E-state index in [2.05, 4.69) is 16.4 Å². The summed E-state index contributed by atoms with van der Waals surface area (Å²) in [5, 5.41) is 12.0. The Balaban J connectivity index is 2.14. The molecule has 1 N–H and O–H groups in total. The number of para-hydroxylation sites is 1. The van der Waals surface area contributed by atoms with Crippen molar-refractivity contribution in [2.75, 3.05) is 7.11 Å². The number of benzene rings is 1. The van der Waals surface area contributed by atoms with Gasteiger partial charge < -0.3 is 10.1 Å². The van der Waals surface area contributed by atoms with Gasteiger partial charge in [0.15, 0.2) is 0 Å². The van der Waals surface area contributed by atoms with E-state index in [4.69, 9.17) is 10.00 Å². The van der Waals surface area contributed by atoms with Gasteiger partial charge in [0.1, 0.15) is 6.04 Å². The number of nitrogens with one attached hydrogen (secondary N) is 1. The Labute approximate surface area is 140 Å². The van der Waals surface area contributed by atoms with Crippen molar-refractivity contribution in [1.82, 2.24) is 10.3 Å². The third kappa shape index (κ3) is 4.29. The molecule has 1 heterocycles. The molecule has 0 radical (unpaired) electrons. The summed E-state index contributed by atoms with van der Waals surface area (Å²) in [5.74, 6) is -0.831. The Hall–Kier alpha value is -2.94. The molecular weight excluding hydrogens is 306 g/mol. The SMILES string of the molecule is COC(=O)[C@H](CCCCC#N)NC(=O)c1ccnc2ccccc12. The molecule has 0 saturated carbocycles. The summed E-state index contributed by atoms with van der Waals surface area (Å²) in [6.07, 6.45) is 3.76. The number of methoxy groups -OCH3 is 1. The zero-order chi connectivity index (χ0) is 17.4. The van der Waals surface area contributed by atoms with E-state index in [1.165, 1.54) is 7.11 Å². The van der Waals surface area contributed by atoms with Gasteiger partial charge in [-0.05, 0) is 31.4 Å². The lowest BCUT2D eigenvalue weighted by Gasteiger charge is -2.17. The van der Waals surface area contributed by atoms with E-state index in [9.17, 15) is 9.59 Å². The van der Waals surface area contributed by atoms with Crippen molar-refractivity contribution in [3.8, 4) is 6.07 Å². The van der Waals surface area contributed by atoms with E-state index < -0.39 is 12.0 Å². The maximum absolute atomic E-state index is 12.6. The van der Waals surface area contributed by atoms with Crippen LogP contribution in [0.5, 0.6) is 0 Å². The molecule has 0 saturated heterocycles. The molecule has 1 amide bonds. The second-order valence-electron chi connectivity index (χ2n) is 5.33. The Morgan fingerprint density at radius 2 is 2.08 bits per heavy atom. The maximum atomic E-state index is 12.6. The average molecular weight is 325 g/mol. The van der Waals surface area contributed by atoms with Gasteiger partial charge in [-0.3, -0.25) is 9.78 Å². The minimum absolute atomic E-state index is 0.343. The third-order valence-electron chi connectivity index (χ3n) is 3.72. The number of nitriles is 1. The van der Waals surface area contributed by atoms with Crippen molar-refractivity contribution in [1.29, 1.82) is 5.26 Å². The first-order valence-corrected chi connectivity index (χ1v) is 7.76. The molecule has 6 nitrogen and oxygen atoms in total. The summed E-state index contributed by atoms with van der Waals surface area (Å²) in [5.41, 5.74) is 1.18. The number of pyridine rings is 1. The Bertz CT molecular complexity index is 762. The van der Waals surface area contributed by atoms with E-state index in [-0.39, 0.29) is 5.91 Å². The normalized spacial score (nSPS) is 11.5. The minimum atomic E-state index is -0.729. The number of nitrogens with zero attached hydrogens (tertiary/aromatic N) is 2. The van der Waals surface area contributed by atoms with Crippen molar-refractivity contribution >= 4 is 22.8 Å². The fourth-order valence-corrected chi connectivity index (χ4v) is 2.47. The number of rotatable bonds is 7. The van der Waals surface area contributed by atoms with E-state index in [0.717, 1.165) is 5.39 Å². The first-order chi connectivity index (χ1) is 11.7. The van der Waals surface area contributed by atoms with Gasteiger partial charge in [0.25, 0.3) is 5.91 Å². The van der Waals surface area contributed by atoms with Crippen LogP contribution in [0.3, 0.4) is 0 Å². The lowest BCUT2D eigenvalue weighted by molar-refractivity contribution is -0.143. The molecule has 6 heteroatoms. The number of amides is 1. The van der Waals surface area contributed by atoms with E-state index in [1.807, 2.05) is 24.3 Å². The van der Waals surface area contributed by atoms with Crippen LogP contribution < -0.4 is 5.32 Å². The highest BCUT2D eigenvalue weighted by atomic mass is 16.5. The molecule has 1 atom stereocenters. The number of hydrogen-bond donors (Lipinski definition) is 1. The van der Waals surface area contributed by atoms with Crippen molar-refractivity contribution in [2.45, 2.75) is 31.7 Å². The van der Waals surface area contributed by atoms with Crippen LogP contribution in [0.15, 0.2) is 36.5 Å². The molecule has 2 aromatic rings. The summed E-state index contributed by atoms with van der Waals surface area (Å²) in [6, 6.07) is 10.3. The number of fused-ring (bicyclic) bond motifs is 1. The lowest BCUT2D eigenvalue weighted by Crippen LogP contribution is -2.41. The highest BCUT2D eigenvalue weighted by molar-refractivity contribution is 6.07. The minimum Gasteiger partial charge on any atom is -0.467 e. The van der Waals surface area contributed by atoms with Gasteiger partial charge in [-0.2, -0.15) is 5.26 Å². The Kier molecular flexibility index (Phi) is 6.26. The third-order valence-corrected chi connectivity index (χ3v) is 3.72. The highest BCUT2D eigenvalue weighted by Crippen LogP contribution is 2.16. The van der Waals surface area contributed by atoms with Crippen molar-refractivity contribution in [3.63, 3.8) is 0 Å². The molecule has 2 rings (SSSR count). The second kappa shape index (κ2) is 8.63. The van der Waals surface area contributed by atoms with E-state index >= 15 is 0 Å². The van der Waals surface area contributed by atoms with Gasteiger partial charge in [0, 0.05) is 18.0 Å². The fraction of sp³-hybridized carbons (Fsp3) is 0.333. The number of ether oxygens (including phenoxy) is 1. The zero-order valence-electron chi connectivity index (χ0n) is 13.5. The number of aromatic nitrogens is 1. The van der Waals surface area contributed by atoms with Crippen LogP contribution in [-0.4, -0.2) is 30.0 Å². The van der Waals surface area contributed by atoms with Gasteiger partial charge in [-0.25, -0.2) is 4.79 Å². The summed E-state index contributed by atoms with van der Waals surface area (Å²) in [4.78, 5) is 28.7. The van der Waals surface area contributed by atoms with E-state index in [0.29, 0.717) is 36.8 Å². The summed E-state index contributed by atoms with van der Waals surface area (Å²) < 4.78 is 4.76. The number of carbonyl (C=O) groups excluding carboxylic acids is 2. The van der Waals surface area contributed by atoms with Gasteiger partial charge in [-0.1, -0.05) is 18.2 Å². The summed E-state index contributed by atoms with van der Waals surface area (Å²) >= 11 is 0. The maximum Gasteiger partial charge on any atom is 0.328 e.